The first-order valence-corrected chi connectivity index (χ1v) is 26.3. The average molecular weight is 1100 g/mol. The molecule has 5 aromatic carbocycles. The highest BCUT2D eigenvalue weighted by Gasteiger charge is 2.25. The molecule has 1 aromatic heterocycles. The lowest BCUT2D eigenvalue weighted by molar-refractivity contribution is -0.135. The van der Waals surface area contributed by atoms with E-state index in [0.29, 0.717) is 4.90 Å². The van der Waals surface area contributed by atoms with Crippen molar-refractivity contribution in [2.75, 3.05) is 48.9 Å². The van der Waals surface area contributed by atoms with Crippen LogP contribution in [0.5, 0.6) is 11.5 Å². The second-order valence-corrected chi connectivity index (χ2v) is 20.8. The first-order valence-electron chi connectivity index (χ1n) is 19.2. The van der Waals surface area contributed by atoms with Crippen LogP contribution in [0.15, 0.2) is 119 Å². The van der Waals surface area contributed by atoms with Gasteiger partial charge in [-0.3, -0.25) is 18.5 Å². The third kappa shape index (κ3) is 14.4. The molecular weight excluding hydrogens is 1060 g/mol. The van der Waals surface area contributed by atoms with E-state index >= 15 is 0 Å². The molecule has 0 unspecified atom stereocenters. The maximum absolute atomic E-state index is 12.9. The number of anilines is 5. The van der Waals surface area contributed by atoms with Gasteiger partial charge in [-0.1, -0.05) is 6.07 Å². The van der Waals surface area contributed by atoms with Gasteiger partial charge < -0.3 is 36.6 Å². The van der Waals surface area contributed by atoms with E-state index in [0.717, 1.165) is 36.0 Å². The van der Waals surface area contributed by atoms with Crippen LogP contribution in [-0.4, -0.2) is 105 Å². The largest absolute Gasteiger partial charge is 0.505 e. The van der Waals surface area contributed by atoms with Gasteiger partial charge in [-0.25, -0.2) is 8.42 Å². The number of nitrogens with two attached hydrogens (primary N) is 1. The van der Waals surface area contributed by atoms with Gasteiger partial charge in [0.2, 0.25) is 17.2 Å². The number of nitrogen functional groups attached to an aromatic ring is 1. The molecule has 0 aliphatic heterocycles. The molecule has 0 spiro atoms. The number of aromatic hydroxyl groups is 1. The van der Waals surface area contributed by atoms with Gasteiger partial charge in [-0.05, 0) is 100 Å². The van der Waals surface area contributed by atoms with Crippen molar-refractivity contribution in [3.05, 3.63) is 84.1 Å². The number of halogens is 1. The maximum atomic E-state index is 12.9. The van der Waals surface area contributed by atoms with Gasteiger partial charge >= 0.3 is 10.4 Å². The summed E-state index contributed by atoms with van der Waals surface area (Å²) in [5.41, 5.74) is 4.57. The number of ether oxygens (including phenoxy) is 1. The molecule has 0 saturated heterocycles. The lowest BCUT2D eigenvalue weighted by atomic mass is 10.1. The summed E-state index contributed by atoms with van der Waals surface area (Å²) in [5, 5.41) is 46.0. The molecule has 0 atom stereocenters. The molecule has 0 radical (unpaired) electrons. The lowest BCUT2D eigenvalue weighted by Crippen LogP contribution is -2.25. The predicted molar refractivity (Wildman–Crippen MR) is 255 cm³/mol. The first-order chi connectivity index (χ1) is 33.5. The van der Waals surface area contributed by atoms with Gasteiger partial charge in [0, 0.05) is 39.7 Å². The summed E-state index contributed by atoms with van der Waals surface area (Å²) in [4.78, 5) is 14.8. The normalized spacial score (nSPS) is 12.3. The number of thioether (sulfide) groups is 1. The number of sulfone groups is 1. The van der Waals surface area contributed by atoms with Crippen LogP contribution in [0, 0.1) is 11.4 Å². The van der Waals surface area contributed by atoms with Crippen LogP contribution in [0.4, 0.5) is 51.7 Å². The predicted octanol–water partition coefficient (Wildman–Crippen LogP) is 5.90. The van der Waals surface area contributed by atoms with Crippen molar-refractivity contribution in [1.82, 2.24) is 20.3 Å². The number of benzene rings is 5. The molecule has 374 valence electrons. The zero-order valence-corrected chi connectivity index (χ0v) is 40.5. The monoisotopic (exact) mass is 1100 g/mol. The van der Waals surface area contributed by atoms with E-state index in [4.69, 9.17) is 31.7 Å². The molecule has 1 heterocycles. The van der Waals surface area contributed by atoms with E-state index in [1.165, 1.54) is 55.6 Å². The van der Waals surface area contributed by atoms with E-state index in [9.17, 15) is 47.9 Å². The van der Waals surface area contributed by atoms with Crippen LogP contribution in [0.1, 0.15) is 0 Å². The molecule has 0 fully saturated rings. The molecule has 10 N–H and O–H groups in total. The van der Waals surface area contributed by atoms with E-state index in [1.54, 1.807) is 6.07 Å². The van der Waals surface area contributed by atoms with Crippen LogP contribution < -0.4 is 26.4 Å². The molecule has 0 aliphatic rings. The topological polar surface area (TPSA) is 416 Å². The fourth-order valence-electron chi connectivity index (χ4n) is 5.90. The quantitative estimate of drug-likeness (QED) is 0.00627. The molecule has 27 nitrogen and oxygen atoms in total. The van der Waals surface area contributed by atoms with Gasteiger partial charge in [0.15, 0.2) is 21.7 Å². The SMILES string of the molecule is COc1ccc(SC#COOS(=O)(=O)O)cc1Nc1nc(Cl)nc(Nc2ccc(N=Nc3c(N)ccc4c(O)c(N=Nc5cccc(S(=O)(=O)CCNCCO)c5)c(S(=O)(=O)O)cc34)c(S(=O)(=O)O)c2)n1. The number of rotatable bonds is 20. The van der Waals surface area contributed by atoms with Gasteiger partial charge in [-0.15, -0.1) is 15.3 Å². The van der Waals surface area contributed by atoms with Crippen molar-refractivity contribution in [3.8, 4) is 22.9 Å². The zero-order chi connectivity index (χ0) is 51.7. The van der Waals surface area contributed by atoms with Crippen LogP contribution in [0.3, 0.4) is 0 Å². The second-order valence-electron chi connectivity index (χ2n) is 13.7. The number of phenolic OH excluding ortho intramolecular Hbond substituents is 1. The van der Waals surface area contributed by atoms with Crippen molar-refractivity contribution >= 4 is 126 Å². The summed E-state index contributed by atoms with van der Waals surface area (Å²) in [6.07, 6.45) is 1.91. The van der Waals surface area contributed by atoms with Crippen LogP contribution in [-0.2, 0) is 49.7 Å². The fraction of sp³-hybridized carbons (Fsp3) is 0.132. The first kappa shape index (κ1) is 53.5. The number of nitrogens with one attached hydrogen (secondary N) is 3. The van der Waals surface area contributed by atoms with Gasteiger partial charge in [0.1, 0.15) is 32.6 Å². The zero-order valence-electron chi connectivity index (χ0n) is 35.7. The second kappa shape index (κ2) is 22.5. The number of nitrogens with zero attached hydrogens (tertiary/aromatic N) is 7. The number of aliphatic hydroxyl groups excluding tert-OH is 1. The molecule has 33 heteroatoms. The molecule has 6 rings (SSSR count). The van der Waals surface area contributed by atoms with Crippen molar-refractivity contribution in [1.29, 1.82) is 0 Å². The Morgan fingerprint density at radius 1 is 0.775 bits per heavy atom. The van der Waals surface area contributed by atoms with Crippen LogP contribution in [0.25, 0.3) is 10.8 Å². The average Bonchev–Trinajstić information content (AvgIpc) is 3.29. The molecule has 6 aromatic rings. The summed E-state index contributed by atoms with van der Waals surface area (Å²) < 4.78 is 136. The molecule has 0 amide bonds. The Kier molecular flexibility index (Phi) is 16.9. The Bertz CT molecular complexity index is 3620. The smallest absolute Gasteiger partial charge is 0.433 e. The highest BCUT2D eigenvalue weighted by Crippen LogP contribution is 2.46. The molecule has 0 aliphatic carbocycles. The number of hydrogen-bond acceptors (Lipinski definition) is 25. The third-order valence-corrected chi connectivity index (χ3v) is 13.5. The Balaban J connectivity index is 1.29. The number of azo groups is 2. The van der Waals surface area contributed by atoms with E-state index < -0.39 is 67.4 Å². The molecule has 0 saturated carbocycles. The van der Waals surface area contributed by atoms with E-state index in [1.807, 2.05) is 6.11 Å². The minimum Gasteiger partial charge on any atom is -0.505 e. The molecular formula is C38H34ClN11O16S5. The van der Waals surface area contributed by atoms with Gasteiger partial charge in [0.25, 0.3) is 20.2 Å². The Hall–Kier alpha value is -6.87. The summed E-state index contributed by atoms with van der Waals surface area (Å²) >= 11 is 7.03. The van der Waals surface area contributed by atoms with E-state index in [-0.39, 0.29) is 92.5 Å². The van der Waals surface area contributed by atoms with Crippen molar-refractivity contribution in [3.63, 3.8) is 0 Å². The van der Waals surface area contributed by atoms with Crippen molar-refractivity contribution < 1.29 is 71.5 Å². The maximum Gasteiger partial charge on any atom is 0.433 e. The number of phenols is 1. The number of fused-ring (bicyclic) bond motifs is 1. The van der Waals surface area contributed by atoms with Crippen molar-refractivity contribution in [2.45, 2.75) is 19.6 Å². The Morgan fingerprint density at radius 2 is 1.49 bits per heavy atom. The lowest BCUT2D eigenvalue weighted by Gasteiger charge is -2.13. The van der Waals surface area contributed by atoms with E-state index in [2.05, 4.69) is 65.8 Å². The number of aliphatic hydroxyl groups is 1. The third-order valence-electron chi connectivity index (χ3n) is 8.94. The molecule has 0 bridgehead atoms. The minimum atomic E-state index is -5.22. The Morgan fingerprint density at radius 3 is 2.18 bits per heavy atom. The summed E-state index contributed by atoms with van der Waals surface area (Å²) in [7, 11) is -17.7. The van der Waals surface area contributed by atoms with Gasteiger partial charge in [0.05, 0.1) is 41.4 Å². The summed E-state index contributed by atoms with van der Waals surface area (Å²) in [6, 6.07) is 16.4. The van der Waals surface area contributed by atoms with Crippen LogP contribution in [0.2, 0.25) is 5.28 Å². The number of aromatic nitrogens is 3. The minimum absolute atomic E-state index is 0.0363. The van der Waals surface area contributed by atoms with Crippen LogP contribution >= 0.6 is 23.4 Å². The number of hydrogen-bond donors (Lipinski definition) is 9. The highest BCUT2D eigenvalue weighted by atomic mass is 35.5. The molecule has 71 heavy (non-hydrogen) atoms. The Labute approximate surface area is 411 Å². The number of methoxy groups -OCH3 is 1. The summed E-state index contributed by atoms with van der Waals surface area (Å²) in [6.45, 7) is 0.0204. The van der Waals surface area contributed by atoms with Crippen molar-refractivity contribution in [2.24, 2.45) is 20.5 Å². The summed E-state index contributed by atoms with van der Waals surface area (Å²) in [5.74, 6) is -1.30. The fourth-order valence-corrected chi connectivity index (χ4v) is 9.22. The standard InChI is InChI=1S/C38H34ClN11O16S5/c1-64-30-10-6-23(67-15-14-65-66-71(61,62)63)19-29(30)43-38-45-36(39)44-37(46-38)42-21-5-9-28(31(18-21)69(55,56)57)48-49-33-26-20-32(70(58,59)60)34(35(52)25(26)7-8-27(33)40)50-47-22-3-2-4-24(17-22)68(53,54)16-12-41-11-13-51/h2-10,17-20,41,51-52H,11-13,16,40H2,1H3,(H,55,56,57)(H,58,59,60)(H,61,62,63)(H2,42,43,44,45,46). The van der Waals surface area contributed by atoms with Gasteiger partial charge in [-0.2, -0.15) is 45.3 Å². The highest BCUT2D eigenvalue weighted by molar-refractivity contribution is 8.04.